The van der Waals surface area contributed by atoms with Gasteiger partial charge in [-0.1, -0.05) is 18.2 Å². The van der Waals surface area contributed by atoms with Crippen molar-refractivity contribution < 1.29 is 9.53 Å². The van der Waals surface area contributed by atoms with Crippen molar-refractivity contribution in [1.29, 1.82) is 0 Å². The minimum atomic E-state index is -0.107. The Balaban J connectivity index is 0.00000300. The Morgan fingerprint density at radius 1 is 1.21 bits per heavy atom. The SMILES string of the molecule is CN=C(NCC(=O)N1CCCc2ccccc21)N1CCC(OC(C)(C)C)CC1.I. The number of guanidine groups is 1. The third-order valence-electron chi connectivity index (χ3n) is 5.28. The van der Waals surface area contributed by atoms with E-state index in [2.05, 4.69) is 42.0 Å². The van der Waals surface area contributed by atoms with Crippen molar-refractivity contribution in [2.24, 2.45) is 4.99 Å². The van der Waals surface area contributed by atoms with E-state index in [0.29, 0.717) is 6.10 Å². The van der Waals surface area contributed by atoms with Gasteiger partial charge in [-0.15, -0.1) is 24.0 Å². The first kappa shape index (κ1) is 23.9. The molecule has 0 atom stereocenters. The van der Waals surface area contributed by atoms with Gasteiger partial charge in [0.1, 0.15) is 0 Å². The number of nitrogens with one attached hydrogen (secondary N) is 1. The Hall–Kier alpha value is -1.35. The molecule has 0 bridgehead atoms. The maximum Gasteiger partial charge on any atom is 0.246 e. The smallest absolute Gasteiger partial charge is 0.246 e. The summed E-state index contributed by atoms with van der Waals surface area (Å²) in [5, 5.41) is 3.27. The lowest BCUT2D eigenvalue weighted by atomic mass is 10.0. The van der Waals surface area contributed by atoms with Crippen molar-refractivity contribution in [2.75, 3.05) is 38.1 Å². The van der Waals surface area contributed by atoms with Crippen LogP contribution in [0.25, 0.3) is 0 Å². The number of hydrogen-bond donors (Lipinski definition) is 1. The van der Waals surface area contributed by atoms with Crippen LogP contribution in [0.4, 0.5) is 5.69 Å². The second-order valence-corrected chi connectivity index (χ2v) is 8.60. The third kappa shape index (κ3) is 6.57. The molecule has 7 heteroatoms. The van der Waals surface area contributed by atoms with Gasteiger partial charge in [0.05, 0.1) is 18.2 Å². The van der Waals surface area contributed by atoms with Gasteiger partial charge in [-0.3, -0.25) is 9.79 Å². The highest BCUT2D eigenvalue weighted by atomic mass is 127. The average molecular weight is 514 g/mol. The Labute approximate surface area is 192 Å². The molecule has 1 aromatic rings. The lowest BCUT2D eigenvalue weighted by Gasteiger charge is -2.37. The maximum atomic E-state index is 12.8. The molecular formula is C22H35IN4O2. The van der Waals surface area contributed by atoms with Crippen LogP contribution in [-0.2, 0) is 16.0 Å². The van der Waals surface area contributed by atoms with Crippen molar-refractivity contribution in [3.63, 3.8) is 0 Å². The fourth-order valence-electron chi connectivity index (χ4n) is 4.06. The molecule has 0 aliphatic carbocycles. The molecule has 2 aliphatic rings. The van der Waals surface area contributed by atoms with E-state index >= 15 is 0 Å². The zero-order valence-electron chi connectivity index (χ0n) is 18.1. The number of benzene rings is 1. The number of hydrogen-bond acceptors (Lipinski definition) is 3. The summed E-state index contributed by atoms with van der Waals surface area (Å²) in [5.41, 5.74) is 2.20. The predicted octanol–water partition coefficient (Wildman–Crippen LogP) is 3.44. The number of likely N-dealkylation sites (tertiary alicyclic amines) is 1. The highest BCUT2D eigenvalue weighted by Gasteiger charge is 2.27. The summed E-state index contributed by atoms with van der Waals surface area (Å²) < 4.78 is 6.10. The van der Waals surface area contributed by atoms with Gasteiger partial charge in [-0.2, -0.15) is 0 Å². The van der Waals surface area contributed by atoms with Gasteiger partial charge in [-0.25, -0.2) is 0 Å². The number of ether oxygens (including phenoxy) is 1. The van der Waals surface area contributed by atoms with Gasteiger partial charge >= 0.3 is 0 Å². The molecular weight excluding hydrogens is 479 g/mol. The quantitative estimate of drug-likeness (QED) is 0.382. The topological polar surface area (TPSA) is 57.2 Å². The molecule has 1 saturated heterocycles. The van der Waals surface area contributed by atoms with Gasteiger partial charge in [0.15, 0.2) is 5.96 Å². The highest BCUT2D eigenvalue weighted by Crippen LogP contribution is 2.26. The third-order valence-corrected chi connectivity index (χ3v) is 5.28. The van der Waals surface area contributed by atoms with Crippen molar-refractivity contribution in [3.05, 3.63) is 29.8 Å². The van der Waals surface area contributed by atoms with Crippen LogP contribution in [0, 0.1) is 0 Å². The van der Waals surface area contributed by atoms with E-state index in [1.807, 2.05) is 23.1 Å². The Kier molecular flexibility index (Phi) is 8.75. The molecule has 1 amide bonds. The van der Waals surface area contributed by atoms with Crippen LogP contribution in [0.2, 0.25) is 0 Å². The van der Waals surface area contributed by atoms with E-state index in [1.165, 1.54) is 5.56 Å². The number of amides is 1. The molecule has 0 unspecified atom stereocenters. The number of carbonyl (C=O) groups excluding carboxylic acids is 1. The maximum absolute atomic E-state index is 12.8. The van der Waals surface area contributed by atoms with Crippen LogP contribution in [0.15, 0.2) is 29.3 Å². The normalized spacial score (nSPS) is 18.1. The summed E-state index contributed by atoms with van der Waals surface area (Å²) in [6.07, 6.45) is 4.30. The van der Waals surface area contributed by atoms with E-state index in [4.69, 9.17) is 4.74 Å². The molecule has 6 nitrogen and oxygen atoms in total. The molecule has 3 rings (SSSR count). The molecule has 162 valence electrons. The molecule has 2 aliphatic heterocycles. The van der Waals surface area contributed by atoms with Crippen LogP contribution < -0.4 is 10.2 Å². The van der Waals surface area contributed by atoms with E-state index in [-0.39, 0.29) is 42.0 Å². The number of rotatable bonds is 3. The van der Waals surface area contributed by atoms with Gasteiger partial charge in [0.2, 0.25) is 5.91 Å². The van der Waals surface area contributed by atoms with Crippen LogP contribution in [-0.4, -0.2) is 61.7 Å². The second kappa shape index (κ2) is 10.6. The second-order valence-electron chi connectivity index (χ2n) is 8.60. The van der Waals surface area contributed by atoms with E-state index in [1.54, 1.807) is 7.05 Å². The number of anilines is 1. The standard InChI is InChI=1S/C22H34N4O2.HI/c1-22(2,3)28-18-11-14-25(15-12-18)21(23-4)24-16-20(27)26-13-7-9-17-8-5-6-10-19(17)26;/h5-6,8,10,18H,7,9,11-16H2,1-4H3,(H,23,24);1H. The summed E-state index contributed by atoms with van der Waals surface area (Å²) in [5.74, 6) is 0.895. The van der Waals surface area contributed by atoms with Gasteiger partial charge in [-0.05, 0) is 58.1 Å². The Morgan fingerprint density at radius 3 is 2.55 bits per heavy atom. The molecule has 0 aromatic heterocycles. The molecule has 29 heavy (non-hydrogen) atoms. The van der Waals surface area contributed by atoms with Gasteiger partial charge < -0.3 is 19.9 Å². The molecule has 1 N–H and O–H groups in total. The van der Waals surface area contributed by atoms with Crippen molar-refractivity contribution in [2.45, 2.75) is 58.2 Å². The number of halogens is 1. The predicted molar refractivity (Wildman–Crippen MR) is 129 cm³/mol. The summed E-state index contributed by atoms with van der Waals surface area (Å²) >= 11 is 0. The first-order chi connectivity index (χ1) is 13.4. The number of aliphatic imine (C=N–C) groups is 1. The average Bonchev–Trinajstić information content (AvgIpc) is 2.68. The lowest BCUT2D eigenvalue weighted by molar-refractivity contribution is -0.117. The lowest BCUT2D eigenvalue weighted by Crippen LogP contribution is -2.50. The zero-order chi connectivity index (χ0) is 20.1. The first-order valence-electron chi connectivity index (χ1n) is 10.4. The monoisotopic (exact) mass is 514 g/mol. The van der Waals surface area contributed by atoms with Crippen LogP contribution >= 0.6 is 24.0 Å². The minimum absolute atomic E-state index is 0. The number of aryl methyl sites for hydroxylation is 1. The van der Waals surface area contributed by atoms with Crippen molar-refractivity contribution in [1.82, 2.24) is 10.2 Å². The van der Waals surface area contributed by atoms with Crippen molar-refractivity contribution in [3.8, 4) is 0 Å². The molecule has 0 radical (unpaired) electrons. The summed E-state index contributed by atoms with van der Waals surface area (Å²) in [4.78, 5) is 21.4. The minimum Gasteiger partial charge on any atom is -0.372 e. The molecule has 2 heterocycles. The Morgan fingerprint density at radius 2 is 1.90 bits per heavy atom. The van der Waals surface area contributed by atoms with E-state index in [9.17, 15) is 4.79 Å². The number of carbonyl (C=O) groups is 1. The molecule has 0 saturated carbocycles. The summed E-state index contributed by atoms with van der Waals surface area (Å²) in [6.45, 7) is 9.13. The molecule has 0 spiro atoms. The number of piperidine rings is 1. The van der Waals surface area contributed by atoms with Crippen LogP contribution in [0.5, 0.6) is 0 Å². The summed E-state index contributed by atoms with van der Waals surface area (Å²) in [7, 11) is 1.78. The van der Waals surface area contributed by atoms with Gasteiger partial charge in [0, 0.05) is 32.4 Å². The number of para-hydroxylation sites is 1. The van der Waals surface area contributed by atoms with Crippen molar-refractivity contribution >= 4 is 41.5 Å². The van der Waals surface area contributed by atoms with Gasteiger partial charge in [0.25, 0.3) is 0 Å². The van der Waals surface area contributed by atoms with Crippen LogP contribution in [0.3, 0.4) is 0 Å². The molecule has 1 fully saturated rings. The van der Waals surface area contributed by atoms with E-state index in [0.717, 1.165) is 57.0 Å². The van der Waals surface area contributed by atoms with E-state index < -0.39 is 0 Å². The fraction of sp³-hybridized carbons (Fsp3) is 0.636. The zero-order valence-corrected chi connectivity index (χ0v) is 20.4. The first-order valence-corrected chi connectivity index (χ1v) is 10.4. The molecule has 1 aromatic carbocycles. The number of fused-ring (bicyclic) bond motifs is 1. The Bertz CT molecular complexity index is 709. The number of nitrogens with zero attached hydrogens (tertiary/aromatic N) is 3. The van der Waals surface area contributed by atoms with Crippen LogP contribution in [0.1, 0.15) is 45.6 Å². The summed E-state index contributed by atoms with van der Waals surface area (Å²) in [6, 6.07) is 8.20. The fourth-order valence-corrected chi connectivity index (χ4v) is 4.06. The highest BCUT2D eigenvalue weighted by molar-refractivity contribution is 14.0. The largest absolute Gasteiger partial charge is 0.372 e.